The standard InChI is InChI=1S/C54H62F2N10O6/c1-35-46(31-57-49-48(35)65(28-29-71-49)52(69)72-53(2,3)4)62-23-18-38-30-58-50(60-45(38)33-62)59-39-10-8-37(9-11-39)44-21-26-63(34-54(44,55)56)41-19-24-61(25-20-41)40-12-14-42(15-13-40)64-27-22-47(67)66(51(64)68)32-36-6-16-43(70-5)17-7-36/h6-17,30-31,41,44H,18-29,32-34H2,1-5H3,(H,58,59,60). The number of anilines is 6. The fourth-order valence-corrected chi connectivity index (χ4v) is 10.7. The van der Waals surface area contributed by atoms with Gasteiger partial charge in [-0.25, -0.2) is 33.3 Å². The molecule has 0 radical (unpaired) electrons. The Morgan fingerprint density at radius 2 is 1.58 bits per heavy atom. The fourth-order valence-electron chi connectivity index (χ4n) is 10.7. The van der Waals surface area contributed by atoms with Crippen molar-refractivity contribution in [1.82, 2.24) is 24.8 Å². The lowest BCUT2D eigenvalue weighted by Gasteiger charge is -2.45. The van der Waals surface area contributed by atoms with Crippen molar-refractivity contribution in [3.63, 3.8) is 0 Å². The van der Waals surface area contributed by atoms with Crippen LogP contribution in [0.3, 0.4) is 0 Å². The number of fused-ring (bicyclic) bond motifs is 2. The number of hydrogen-bond acceptors (Lipinski definition) is 13. The number of aromatic nitrogens is 3. The summed E-state index contributed by atoms with van der Waals surface area (Å²) in [6.07, 6.45) is 6.04. The summed E-state index contributed by atoms with van der Waals surface area (Å²) in [5.41, 5.74) is 7.49. The highest BCUT2D eigenvalue weighted by Gasteiger charge is 2.47. The van der Waals surface area contributed by atoms with Crippen molar-refractivity contribution in [2.75, 3.05) is 84.4 Å². The number of halogens is 2. The summed E-state index contributed by atoms with van der Waals surface area (Å²) in [5.74, 6) is -2.47. The second kappa shape index (κ2) is 19.8. The van der Waals surface area contributed by atoms with E-state index in [-0.39, 0.29) is 37.5 Å². The summed E-state index contributed by atoms with van der Waals surface area (Å²) < 4.78 is 49.0. The maximum Gasteiger partial charge on any atom is 0.415 e. The molecule has 1 N–H and O–H groups in total. The molecule has 1 unspecified atom stereocenters. The number of ether oxygens (including phenoxy) is 3. The number of carbonyl (C=O) groups is 3. The highest BCUT2D eigenvalue weighted by Crippen LogP contribution is 2.43. The van der Waals surface area contributed by atoms with Crippen LogP contribution in [0, 0.1) is 6.92 Å². The molecular weight excluding hydrogens is 923 g/mol. The number of hydrogen-bond donors (Lipinski definition) is 1. The van der Waals surface area contributed by atoms with Crippen LogP contribution in [0.2, 0.25) is 0 Å². The minimum absolute atomic E-state index is 0.0608. The normalized spacial score (nSPS) is 19.7. The van der Waals surface area contributed by atoms with E-state index in [4.69, 9.17) is 19.2 Å². The van der Waals surface area contributed by atoms with Crippen LogP contribution in [0.25, 0.3) is 0 Å². The SMILES string of the molecule is COc1ccc(CN2C(=O)CCN(c3ccc(N4CCC(N5CCC(c6ccc(Nc7ncc8c(n7)CN(c7cnc9c(c7C)N(C(=O)OC(C)(C)C)CCO9)CC8)cc6)C(F)(F)C5)CC4)cc3)C2=O)cc1. The molecule has 0 saturated carbocycles. The van der Waals surface area contributed by atoms with Gasteiger partial charge in [0.05, 0.1) is 56.8 Å². The van der Waals surface area contributed by atoms with Crippen LogP contribution >= 0.6 is 0 Å². The Morgan fingerprint density at radius 3 is 2.29 bits per heavy atom. The molecule has 4 amide bonds. The van der Waals surface area contributed by atoms with E-state index in [1.54, 1.807) is 35.2 Å². The number of nitrogens with zero attached hydrogens (tertiary/aromatic N) is 9. The molecule has 378 valence electrons. The Kier molecular flexibility index (Phi) is 13.4. The zero-order valence-electron chi connectivity index (χ0n) is 41.6. The molecule has 5 aliphatic heterocycles. The molecule has 18 heteroatoms. The molecule has 5 aliphatic rings. The first-order valence-electron chi connectivity index (χ1n) is 24.9. The van der Waals surface area contributed by atoms with Gasteiger partial charge >= 0.3 is 12.1 Å². The minimum atomic E-state index is -2.90. The predicted octanol–water partition coefficient (Wildman–Crippen LogP) is 9.08. The van der Waals surface area contributed by atoms with Gasteiger partial charge in [-0.15, -0.1) is 0 Å². The highest BCUT2D eigenvalue weighted by molar-refractivity contribution is 6.05. The Bertz CT molecular complexity index is 2800. The monoisotopic (exact) mass is 984 g/mol. The molecule has 1 atom stereocenters. The van der Waals surface area contributed by atoms with E-state index in [9.17, 15) is 14.4 Å². The molecule has 3 fully saturated rings. The summed E-state index contributed by atoms with van der Waals surface area (Å²) in [5, 5.41) is 3.29. The van der Waals surface area contributed by atoms with Gasteiger partial charge in [0.1, 0.15) is 23.6 Å². The first-order chi connectivity index (χ1) is 34.6. The number of carbonyl (C=O) groups excluding carboxylic acids is 3. The van der Waals surface area contributed by atoms with Crippen molar-refractivity contribution in [2.24, 2.45) is 0 Å². The summed E-state index contributed by atoms with van der Waals surface area (Å²) >= 11 is 0. The molecule has 7 heterocycles. The molecule has 0 aliphatic carbocycles. The second-order valence-corrected chi connectivity index (χ2v) is 20.3. The Morgan fingerprint density at radius 1 is 0.847 bits per heavy atom. The van der Waals surface area contributed by atoms with E-state index in [1.165, 1.54) is 4.90 Å². The number of amides is 4. The van der Waals surface area contributed by atoms with Gasteiger partial charge in [0.25, 0.3) is 5.92 Å². The maximum absolute atomic E-state index is 16.1. The van der Waals surface area contributed by atoms with Gasteiger partial charge < -0.3 is 29.3 Å². The van der Waals surface area contributed by atoms with Gasteiger partial charge in [-0.1, -0.05) is 24.3 Å². The minimum Gasteiger partial charge on any atom is -0.497 e. The molecule has 3 saturated heterocycles. The van der Waals surface area contributed by atoms with Crippen molar-refractivity contribution < 1.29 is 37.4 Å². The number of methoxy groups -OCH3 is 1. The summed E-state index contributed by atoms with van der Waals surface area (Å²) in [6, 6.07) is 22.1. The van der Waals surface area contributed by atoms with E-state index >= 15 is 8.78 Å². The fraction of sp³-hybridized carbons (Fsp3) is 0.444. The smallest absolute Gasteiger partial charge is 0.415 e. The van der Waals surface area contributed by atoms with Crippen molar-refractivity contribution in [3.05, 3.63) is 113 Å². The molecule has 3 aromatic carbocycles. The summed E-state index contributed by atoms with van der Waals surface area (Å²) in [4.78, 5) is 64.6. The summed E-state index contributed by atoms with van der Waals surface area (Å²) in [6.45, 7) is 11.7. The van der Waals surface area contributed by atoms with E-state index < -0.39 is 23.5 Å². The average Bonchev–Trinajstić information content (AvgIpc) is 3.37. The molecule has 0 spiro atoms. The van der Waals surface area contributed by atoms with Crippen LogP contribution in [-0.2, 0) is 29.0 Å². The van der Waals surface area contributed by atoms with Crippen LogP contribution in [0.4, 0.5) is 52.8 Å². The van der Waals surface area contributed by atoms with Crippen LogP contribution in [-0.4, -0.2) is 120 Å². The van der Waals surface area contributed by atoms with Crippen molar-refractivity contribution >= 4 is 52.4 Å². The molecule has 5 aromatic rings. The molecule has 2 aromatic heterocycles. The topological polar surface area (TPSA) is 149 Å². The van der Waals surface area contributed by atoms with Crippen LogP contribution in [0.5, 0.6) is 11.6 Å². The number of likely N-dealkylation sites (tertiary alicyclic amines) is 1. The lowest BCUT2D eigenvalue weighted by atomic mass is 9.85. The maximum atomic E-state index is 16.1. The number of pyridine rings is 1. The Hall–Kier alpha value is -7.08. The third-order valence-electron chi connectivity index (χ3n) is 14.5. The van der Waals surface area contributed by atoms with E-state index in [2.05, 4.69) is 25.1 Å². The largest absolute Gasteiger partial charge is 0.497 e. The van der Waals surface area contributed by atoms with Gasteiger partial charge in [0, 0.05) is 67.5 Å². The first kappa shape index (κ1) is 48.5. The zero-order chi connectivity index (χ0) is 50.3. The third kappa shape index (κ3) is 10.2. The summed E-state index contributed by atoms with van der Waals surface area (Å²) in [7, 11) is 1.59. The second-order valence-electron chi connectivity index (χ2n) is 20.3. The molecule has 0 bridgehead atoms. The Labute approximate surface area is 418 Å². The molecule has 72 heavy (non-hydrogen) atoms. The Balaban J connectivity index is 0.715. The number of rotatable bonds is 10. The number of alkyl halides is 2. The van der Waals surface area contributed by atoms with Crippen molar-refractivity contribution in [3.8, 4) is 11.6 Å². The molecule has 10 rings (SSSR count). The number of piperidine rings is 2. The molecule has 16 nitrogen and oxygen atoms in total. The van der Waals surface area contributed by atoms with Crippen molar-refractivity contribution in [1.29, 1.82) is 0 Å². The molecular formula is C54H62F2N10O6. The number of benzene rings is 3. The van der Waals surface area contributed by atoms with E-state index in [1.807, 2.05) is 99.5 Å². The quantitative estimate of drug-likeness (QED) is 0.142. The lowest BCUT2D eigenvalue weighted by molar-refractivity contribution is -0.129. The van der Waals surface area contributed by atoms with Gasteiger partial charge in [-0.2, -0.15) is 0 Å². The van der Waals surface area contributed by atoms with Crippen LogP contribution in [0.15, 0.2) is 85.2 Å². The lowest BCUT2D eigenvalue weighted by Crippen LogP contribution is -2.54. The number of imide groups is 1. The van der Waals surface area contributed by atoms with E-state index in [0.717, 1.165) is 71.8 Å². The van der Waals surface area contributed by atoms with Gasteiger partial charge in [0.2, 0.25) is 17.7 Å². The van der Waals surface area contributed by atoms with Gasteiger partial charge in [-0.05, 0) is 125 Å². The van der Waals surface area contributed by atoms with Crippen LogP contribution < -0.4 is 34.4 Å². The zero-order valence-corrected chi connectivity index (χ0v) is 41.6. The number of urea groups is 1. The third-order valence-corrected chi connectivity index (χ3v) is 14.5. The average molecular weight is 985 g/mol. The van der Waals surface area contributed by atoms with Gasteiger partial charge in [0.15, 0.2) is 0 Å². The predicted molar refractivity (Wildman–Crippen MR) is 271 cm³/mol. The highest BCUT2D eigenvalue weighted by atomic mass is 19.3. The first-order valence-corrected chi connectivity index (χ1v) is 24.9. The van der Waals surface area contributed by atoms with Crippen molar-refractivity contribution in [2.45, 2.75) is 96.4 Å². The number of nitrogens with one attached hydrogen (secondary N) is 1. The van der Waals surface area contributed by atoms with Crippen LogP contribution in [0.1, 0.15) is 80.3 Å². The van der Waals surface area contributed by atoms with Gasteiger partial charge in [-0.3, -0.25) is 24.4 Å². The van der Waals surface area contributed by atoms with E-state index in [0.29, 0.717) is 80.3 Å².